The number of aromatic amines is 1. The third-order valence-electron chi connectivity index (χ3n) is 4.05. The van der Waals surface area contributed by atoms with E-state index in [1.54, 1.807) is 6.07 Å². The molecule has 2 aromatic heterocycles. The average Bonchev–Trinajstić information content (AvgIpc) is 2.98. The predicted octanol–water partition coefficient (Wildman–Crippen LogP) is 4.59. The van der Waals surface area contributed by atoms with Crippen molar-refractivity contribution >= 4 is 33.3 Å². The van der Waals surface area contributed by atoms with Crippen molar-refractivity contribution < 1.29 is 4.39 Å². The molecule has 8 heteroatoms. The zero-order valence-corrected chi connectivity index (χ0v) is 16.6. The average molecular weight is 445 g/mol. The van der Waals surface area contributed by atoms with Crippen LogP contribution in [0.5, 0.6) is 0 Å². The molecule has 4 rings (SSSR count). The number of hydrogen-bond donors (Lipinski definition) is 1. The molecular weight excluding hydrogens is 431 g/mol. The van der Waals surface area contributed by atoms with Gasteiger partial charge in [0.05, 0.1) is 5.69 Å². The van der Waals surface area contributed by atoms with Gasteiger partial charge in [0.15, 0.2) is 10.8 Å². The number of nitrogens with zero attached hydrogens (tertiary/aromatic N) is 3. The Morgan fingerprint density at radius 2 is 2.00 bits per heavy atom. The fourth-order valence-electron chi connectivity index (χ4n) is 2.83. The minimum atomic E-state index is -0.354. The molecule has 0 radical (unpaired) electrons. The first-order chi connectivity index (χ1) is 13.0. The Bertz CT molecular complexity index is 1190. The number of aromatic nitrogens is 4. The summed E-state index contributed by atoms with van der Waals surface area (Å²) in [6, 6.07) is 14.2. The minimum Gasteiger partial charge on any atom is -0.285 e. The van der Waals surface area contributed by atoms with Crippen LogP contribution in [0.15, 0.2) is 63.0 Å². The molecule has 0 fully saturated rings. The summed E-state index contributed by atoms with van der Waals surface area (Å²) in [5.41, 5.74) is 3.45. The Hall–Kier alpha value is -2.45. The number of rotatable bonds is 4. The molecule has 0 unspecified atom stereocenters. The summed E-state index contributed by atoms with van der Waals surface area (Å²) in [4.78, 5) is 19.8. The smallest absolute Gasteiger partial charge is 0.285 e. The van der Waals surface area contributed by atoms with Gasteiger partial charge in [-0.25, -0.2) is 14.2 Å². The molecule has 0 aliphatic heterocycles. The number of thioether (sulfide) groups is 1. The molecule has 27 heavy (non-hydrogen) atoms. The van der Waals surface area contributed by atoms with Crippen LogP contribution >= 0.6 is 27.7 Å². The Balaban J connectivity index is 1.74. The SMILES string of the molecule is Cc1nn2c(=O)[nH]c(SCc3cccc(F)c3)nc2c1-c1ccc(Br)cc1. The fraction of sp³-hybridized carbons (Fsp3) is 0.105. The highest BCUT2D eigenvalue weighted by Gasteiger charge is 2.16. The van der Waals surface area contributed by atoms with Gasteiger partial charge in [-0.15, -0.1) is 0 Å². The van der Waals surface area contributed by atoms with Gasteiger partial charge in [-0.3, -0.25) is 4.98 Å². The number of H-pyrrole nitrogens is 1. The van der Waals surface area contributed by atoms with E-state index in [0.717, 1.165) is 26.9 Å². The Labute approximate surface area is 166 Å². The zero-order valence-electron chi connectivity index (χ0n) is 14.2. The van der Waals surface area contributed by atoms with Crippen LogP contribution in [0.3, 0.4) is 0 Å². The van der Waals surface area contributed by atoms with Gasteiger partial charge in [0.2, 0.25) is 0 Å². The molecule has 5 nitrogen and oxygen atoms in total. The second kappa shape index (κ2) is 7.28. The van der Waals surface area contributed by atoms with Crippen molar-refractivity contribution in [1.29, 1.82) is 0 Å². The van der Waals surface area contributed by atoms with Gasteiger partial charge in [-0.2, -0.15) is 9.61 Å². The molecule has 0 bridgehead atoms. The summed E-state index contributed by atoms with van der Waals surface area (Å²) in [5, 5.41) is 4.79. The molecule has 4 aromatic rings. The number of aryl methyl sites for hydroxylation is 1. The molecule has 2 heterocycles. The number of fused-ring (bicyclic) bond motifs is 1. The Morgan fingerprint density at radius 1 is 1.22 bits per heavy atom. The van der Waals surface area contributed by atoms with Crippen molar-refractivity contribution in [2.45, 2.75) is 17.8 Å². The molecule has 1 N–H and O–H groups in total. The van der Waals surface area contributed by atoms with Crippen molar-refractivity contribution in [3.63, 3.8) is 0 Å². The summed E-state index contributed by atoms with van der Waals surface area (Å²) in [6.07, 6.45) is 0. The van der Waals surface area contributed by atoms with Crippen LogP contribution in [0.4, 0.5) is 4.39 Å². The van der Waals surface area contributed by atoms with Crippen LogP contribution < -0.4 is 5.69 Å². The second-order valence-corrected chi connectivity index (χ2v) is 7.85. The number of benzene rings is 2. The first-order valence-electron chi connectivity index (χ1n) is 8.14. The number of hydrogen-bond acceptors (Lipinski definition) is 4. The van der Waals surface area contributed by atoms with Crippen LogP contribution in [-0.2, 0) is 5.75 Å². The highest BCUT2D eigenvalue weighted by molar-refractivity contribution is 9.10. The zero-order chi connectivity index (χ0) is 19.0. The van der Waals surface area contributed by atoms with Crippen molar-refractivity contribution in [3.05, 3.63) is 80.6 Å². The van der Waals surface area contributed by atoms with Crippen LogP contribution in [0.2, 0.25) is 0 Å². The molecule has 0 aliphatic carbocycles. The van der Waals surface area contributed by atoms with E-state index in [-0.39, 0.29) is 11.5 Å². The third kappa shape index (κ3) is 3.68. The molecule has 0 saturated carbocycles. The van der Waals surface area contributed by atoms with Gasteiger partial charge >= 0.3 is 5.69 Å². The Kier molecular flexibility index (Phi) is 4.84. The van der Waals surface area contributed by atoms with E-state index in [0.29, 0.717) is 16.6 Å². The lowest BCUT2D eigenvalue weighted by Gasteiger charge is -2.04. The minimum absolute atomic E-state index is 0.283. The maximum Gasteiger partial charge on any atom is 0.350 e. The van der Waals surface area contributed by atoms with Crippen LogP contribution in [0.25, 0.3) is 16.8 Å². The van der Waals surface area contributed by atoms with Gasteiger partial charge in [-0.05, 0) is 42.3 Å². The largest absolute Gasteiger partial charge is 0.350 e. The summed E-state index contributed by atoms with van der Waals surface area (Å²) in [7, 11) is 0. The van der Waals surface area contributed by atoms with Gasteiger partial charge in [-0.1, -0.05) is 52.0 Å². The second-order valence-electron chi connectivity index (χ2n) is 5.97. The molecule has 2 aromatic carbocycles. The van der Waals surface area contributed by atoms with Crippen LogP contribution in [0.1, 0.15) is 11.3 Å². The van der Waals surface area contributed by atoms with Gasteiger partial charge in [0.1, 0.15) is 5.82 Å². The van der Waals surface area contributed by atoms with Gasteiger partial charge < -0.3 is 0 Å². The standard InChI is InChI=1S/C19H14BrFN4OS/c1-11-16(13-5-7-14(20)8-6-13)17-22-18(23-19(26)25(17)24-11)27-10-12-3-2-4-15(21)9-12/h2-9H,10H2,1H3,(H,22,23,26). The Morgan fingerprint density at radius 3 is 2.74 bits per heavy atom. The topological polar surface area (TPSA) is 63.1 Å². The van der Waals surface area contributed by atoms with E-state index in [9.17, 15) is 9.18 Å². The summed E-state index contributed by atoms with van der Waals surface area (Å²) in [6.45, 7) is 1.85. The van der Waals surface area contributed by atoms with Gasteiger partial charge in [0.25, 0.3) is 0 Å². The molecule has 0 spiro atoms. The third-order valence-corrected chi connectivity index (χ3v) is 5.52. The number of halogens is 2. The van der Waals surface area contributed by atoms with Crippen LogP contribution in [-0.4, -0.2) is 19.6 Å². The highest BCUT2D eigenvalue weighted by Crippen LogP contribution is 2.29. The molecular formula is C19H14BrFN4OS. The lowest BCUT2D eigenvalue weighted by atomic mass is 10.1. The monoisotopic (exact) mass is 444 g/mol. The maximum atomic E-state index is 13.3. The summed E-state index contributed by atoms with van der Waals surface area (Å²) in [5.74, 6) is 0.214. The van der Waals surface area contributed by atoms with E-state index in [4.69, 9.17) is 0 Å². The first-order valence-corrected chi connectivity index (χ1v) is 9.92. The van der Waals surface area contributed by atoms with E-state index in [2.05, 4.69) is 31.0 Å². The molecule has 0 saturated heterocycles. The summed E-state index contributed by atoms with van der Waals surface area (Å²) < 4.78 is 15.6. The molecule has 0 aliphatic rings. The van der Waals surface area contributed by atoms with Gasteiger partial charge in [0, 0.05) is 15.8 Å². The number of nitrogens with one attached hydrogen (secondary N) is 1. The van der Waals surface area contributed by atoms with Crippen molar-refractivity contribution in [2.75, 3.05) is 0 Å². The highest BCUT2D eigenvalue weighted by atomic mass is 79.9. The first kappa shape index (κ1) is 17.9. The fourth-order valence-corrected chi connectivity index (χ4v) is 3.89. The maximum absolute atomic E-state index is 13.3. The van der Waals surface area contributed by atoms with Crippen molar-refractivity contribution in [2.24, 2.45) is 0 Å². The van der Waals surface area contributed by atoms with E-state index >= 15 is 0 Å². The quantitative estimate of drug-likeness (QED) is 0.467. The molecule has 0 atom stereocenters. The molecule has 0 amide bonds. The van der Waals surface area contributed by atoms with Crippen molar-refractivity contribution in [3.8, 4) is 11.1 Å². The summed E-state index contributed by atoms with van der Waals surface area (Å²) >= 11 is 4.77. The lowest BCUT2D eigenvalue weighted by molar-refractivity contribution is 0.626. The predicted molar refractivity (Wildman–Crippen MR) is 107 cm³/mol. The van der Waals surface area contributed by atoms with E-state index in [1.165, 1.54) is 28.4 Å². The normalized spacial score (nSPS) is 11.2. The van der Waals surface area contributed by atoms with E-state index in [1.807, 2.05) is 37.3 Å². The lowest BCUT2D eigenvalue weighted by Crippen LogP contribution is -2.19. The van der Waals surface area contributed by atoms with E-state index < -0.39 is 0 Å². The van der Waals surface area contributed by atoms with Crippen LogP contribution in [0, 0.1) is 12.7 Å². The van der Waals surface area contributed by atoms with Crippen molar-refractivity contribution in [1.82, 2.24) is 19.6 Å². The molecule has 136 valence electrons.